The molecule has 1 aliphatic heterocycles. The summed E-state index contributed by atoms with van der Waals surface area (Å²) in [6, 6.07) is 0. The third-order valence-corrected chi connectivity index (χ3v) is 2.05. The van der Waals surface area contributed by atoms with E-state index >= 15 is 0 Å². The van der Waals surface area contributed by atoms with E-state index in [4.69, 9.17) is 10.2 Å². The second-order valence-corrected chi connectivity index (χ2v) is 3.16. The molecule has 0 saturated heterocycles. The van der Waals surface area contributed by atoms with Crippen LogP contribution < -0.4 is 0 Å². The normalized spacial score (nSPS) is 17.8. The van der Waals surface area contributed by atoms with Gasteiger partial charge in [0.05, 0.1) is 13.7 Å². The zero-order chi connectivity index (χ0) is 17.0. The Hall–Kier alpha value is -1.80. The van der Waals surface area contributed by atoms with Crippen molar-refractivity contribution in [2.24, 2.45) is 0 Å². The van der Waals surface area contributed by atoms with Crippen LogP contribution in [-0.2, 0) is 23.8 Å². The van der Waals surface area contributed by atoms with Crippen molar-refractivity contribution in [3.8, 4) is 0 Å². The molecule has 124 valence electrons. The Balaban J connectivity index is 0. The van der Waals surface area contributed by atoms with Gasteiger partial charge in [0.1, 0.15) is 0 Å². The van der Waals surface area contributed by atoms with Gasteiger partial charge in [-0.05, 0) is 0 Å². The predicted octanol–water partition coefficient (Wildman–Crippen LogP) is 1.19. The van der Waals surface area contributed by atoms with Gasteiger partial charge in [-0.1, -0.05) is 27.7 Å². The van der Waals surface area contributed by atoms with Gasteiger partial charge in [0, 0.05) is 6.42 Å². The molecule has 1 aliphatic rings. The number of rotatable bonds is 5. The number of methoxy groups -OCH3 is 1. The first kappa shape index (κ1) is 21.5. The minimum Gasteiger partial charge on any atom is -0.505 e. The van der Waals surface area contributed by atoms with Gasteiger partial charge in [-0.15, -0.1) is 0 Å². The fraction of sp³-hybridized carbons (Fsp3) is 0.692. The summed E-state index contributed by atoms with van der Waals surface area (Å²) < 4.78 is 13.4. The summed E-state index contributed by atoms with van der Waals surface area (Å²) in [6.45, 7) is 7.82. The molecule has 0 aromatic heterocycles. The van der Waals surface area contributed by atoms with Gasteiger partial charge in [0.25, 0.3) is 6.29 Å². The van der Waals surface area contributed by atoms with E-state index in [1.807, 2.05) is 27.7 Å². The molecule has 0 bridgehead atoms. The molecule has 0 aliphatic carbocycles. The van der Waals surface area contributed by atoms with Crippen LogP contribution in [0.2, 0.25) is 0 Å². The lowest BCUT2D eigenvalue weighted by molar-refractivity contribution is -0.181. The van der Waals surface area contributed by atoms with Crippen LogP contribution in [0.3, 0.4) is 0 Å². The molecule has 0 saturated carbocycles. The second kappa shape index (κ2) is 12.0. The van der Waals surface area contributed by atoms with E-state index in [2.05, 4.69) is 14.2 Å². The molecule has 2 atom stereocenters. The Morgan fingerprint density at radius 3 is 2.19 bits per heavy atom. The molecule has 0 spiro atoms. The molecule has 1 rings (SSSR count). The topological polar surface area (TPSA) is 123 Å². The summed E-state index contributed by atoms with van der Waals surface area (Å²) in [5.74, 6) is -3.42. The number of aliphatic hydroxyl groups excluding tert-OH is 3. The molecule has 8 heteroatoms. The summed E-state index contributed by atoms with van der Waals surface area (Å²) >= 11 is 0. The maximum Gasteiger partial charge on any atom is 0.377 e. The average molecular weight is 308 g/mol. The molecule has 1 heterocycles. The van der Waals surface area contributed by atoms with Gasteiger partial charge < -0.3 is 29.5 Å². The summed E-state index contributed by atoms with van der Waals surface area (Å²) in [4.78, 5) is 21.5. The number of cyclic esters (lactones) is 1. The average Bonchev–Trinajstić information content (AvgIpc) is 2.77. The van der Waals surface area contributed by atoms with Crippen LogP contribution in [-0.4, -0.2) is 53.4 Å². The number of aliphatic hydroxyl groups is 3. The molecule has 0 aromatic carbocycles. The molecule has 0 radical (unpaired) electrons. The number of ether oxygens (including phenoxy) is 3. The fourth-order valence-corrected chi connectivity index (χ4v) is 1.15. The lowest BCUT2D eigenvalue weighted by atomic mass is 10.2. The predicted molar refractivity (Wildman–Crippen MR) is 73.5 cm³/mol. The minimum absolute atomic E-state index is 0.0182. The van der Waals surface area contributed by atoms with E-state index in [9.17, 15) is 14.7 Å². The lowest BCUT2D eigenvalue weighted by Crippen LogP contribution is -2.26. The number of hydrogen-bond donors (Lipinski definition) is 3. The maximum atomic E-state index is 10.8. The molecular weight excluding hydrogens is 284 g/mol. The molecule has 2 unspecified atom stereocenters. The summed E-state index contributed by atoms with van der Waals surface area (Å²) in [5, 5.41) is 27.2. The minimum atomic E-state index is -1.74. The van der Waals surface area contributed by atoms with Crippen LogP contribution in [0.5, 0.6) is 0 Å². The van der Waals surface area contributed by atoms with Crippen LogP contribution in [0, 0.1) is 0 Å². The summed E-state index contributed by atoms with van der Waals surface area (Å²) in [6.07, 6.45) is -2.79. The fourth-order valence-electron chi connectivity index (χ4n) is 1.15. The van der Waals surface area contributed by atoms with Crippen molar-refractivity contribution in [2.45, 2.75) is 46.5 Å². The highest BCUT2D eigenvalue weighted by Crippen LogP contribution is 2.21. The van der Waals surface area contributed by atoms with Crippen molar-refractivity contribution in [3.63, 3.8) is 0 Å². The number of esters is 2. The van der Waals surface area contributed by atoms with Crippen LogP contribution in [0.15, 0.2) is 11.5 Å². The number of carbonyl (C=O) groups is 2. The number of hydrogen-bond acceptors (Lipinski definition) is 8. The molecule has 8 nitrogen and oxygen atoms in total. The summed E-state index contributed by atoms with van der Waals surface area (Å²) in [5.41, 5.74) is 0. The van der Waals surface area contributed by atoms with E-state index < -0.39 is 35.9 Å². The van der Waals surface area contributed by atoms with Gasteiger partial charge in [0.2, 0.25) is 5.76 Å². The smallest absolute Gasteiger partial charge is 0.377 e. The Morgan fingerprint density at radius 2 is 1.81 bits per heavy atom. The second-order valence-electron chi connectivity index (χ2n) is 3.16. The molecule has 0 aromatic rings. The monoisotopic (exact) mass is 308 g/mol. The third kappa shape index (κ3) is 6.96. The Bertz CT molecular complexity index is 350. The lowest BCUT2D eigenvalue weighted by Gasteiger charge is -2.12. The Kier molecular flexibility index (Phi) is 12.3. The van der Waals surface area contributed by atoms with Crippen LogP contribution in [0.25, 0.3) is 0 Å². The standard InChI is InChI=1S/C9H12O8.2C2H6/c1-15-8(13)9(14)16-3-2-4-5(10)6(11)7(12)17-4;2*1-2/h4,9-11,14H,2-3H2,1H3;2*1-2H3. The highest BCUT2D eigenvalue weighted by molar-refractivity contribution is 5.88. The van der Waals surface area contributed by atoms with Crippen LogP contribution in [0.1, 0.15) is 34.1 Å². The van der Waals surface area contributed by atoms with Crippen molar-refractivity contribution in [3.05, 3.63) is 11.5 Å². The van der Waals surface area contributed by atoms with E-state index in [0.29, 0.717) is 0 Å². The molecule has 3 N–H and O–H groups in total. The Morgan fingerprint density at radius 1 is 1.29 bits per heavy atom. The first-order chi connectivity index (χ1) is 9.97. The van der Waals surface area contributed by atoms with E-state index in [-0.39, 0.29) is 13.0 Å². The van der Waals surface area contributed by atoms with Gasteiger partial charge in [0.15, 0.2) is 11.9 Å². The molecule has 21 heavy (non-hydrogen) atoms. The number of carbonyl (C=O) groups excluding carboxylic acids is 2. The molecule has 0 fully saturated rings. The van der Waals surface area contributed by atoms with Gasteiger partial charge in [-0.3, -0.25) is 0 Å². The summed E-state index contributed by atoms with van der Waals surface area (Å²) in [7, 11) is 1.08. The largest absolute Gasteiger partial charge is 0.505 e. The maximum absolute atomic E-state index is 10.8. The zero-order valence-corrected chi connectivity index (χ0v) is 13.0. The first-order valence-corrected chi connectivity index (χ1v) is 6.68. The highest BCUT2D eigenvalue weighted by Gasteiger charge is 2.34. The quantitative estimate of drug-likeness (QED) is 0.511. The zero-order valence-electron chi connectivity index (χ0n) is 13.0. The SMILES string of the molecule is CC.CC.COC(=O)C(O)OCCC1OC(=O)C(O)=C1O. The van der Waals surface area contributed by atoms with Crippen molar-refractivity contribution in [1.82, 2.24) is 0 Å². The third-order valence-electron chi connectivity index (χ3n) is 2.05. The van der Waals surface area contributed by atoms with Crippen LogP contribution >= 0.6 is 0 Å². The van der Waals surface area contributed by atoms with Gasteiger partial charge in [-0.25, -0.2) is 9.59 Å². The van der Waals surface area contributed by atoms with Crippen molar-refractivity contribution in [2.75, 3.05) is 13.7 Å². The van der Waals surface area contributed by atoms with E-state index in [1.165, 1.54) is 0 Å². The molecular formula is C13H24O8. The van der Waals surface area contributed by atoms with Crippen LogP contribution in [0.4, 0.5) is 0 Å². The van der Waals surface area contributed by atoms with E-state index in [0.717, 1.165) is 7.11 Å². The van der Waals surface area contributed by atoms with Crippen molar-refractivity contribution in [1.29, 1.82) is 0 Å². The van der Waals surface area contributed by atoms with Gasteiger partial charge in [-0.2, -0.15) is 0 Å². The first-order valence-electron chi connectivity index (χ1n) is 6.68. The van der Waals surface area contributed by atoms with E-state index in [1.54, 1.807) is 0 Å². The molecule has 0 amide bonds. The highest BCUT2D eigenvalue weighted by atomic mass is 16.6. The Labute approximate surface area is 123 Å². The van der Waals surface area contributed by atoms with Crippen molar-refractivity contribution < 1.29 is 39.1 Å². The van der Waals surface area contributed by atoms with Crippen molar-refractivity contribution >= 4 is 11.9 Å². The van der Waals surface area contributed by atoms with Gasteiger partial charge >= 0.3 is 11.9 Å².